The van der Waals surface area contributed by atoms with Crippen molar-refractivity contribution in [2.75, 3.05) is 13.2 Å². The third kappa shape index (κ3) is 5.70. The van der Waals surface area contributed by atoms with Crippen molar-refractivity contribution in [1.29, 1.82) is 0 Å². The third-order valence-electron chi connectivity index (χ3n) is 3.92. The molecule has 1 atom stereocenters. The molecule has 7 nitrogen and oxygen atoms in total. The van der Waals surface area contributed by atoms with Gasteiger partial charge in [0.15, 0.2) is 6.61 Å². The van der Waals surface area contributed by atoms with Gasteiger partial charge in [0.25, 0.3) is 5.91 Å². The van der Waals surface area contributed by atoms with Crippen LogP contribution in [0.25, 0.3) is 0 Å². The molecular formula is C18H22N2O5. The zero-order valence-corrected chi connectivity index (χ0v) is 14.2. The van der Waals surface area contributed by atoms with Gasteiger partial charge in [0, 0.05) is 13.0 Å². The SMILES string of the molecule is CCCCNC(=O)COC(=O)c1ccc(CC2CC(=O)NC2=O)cc1. The lowest BCUT2D eigenvalue weighted by molar-refractivity contribution is -0.126. The first kappa shape index (κ1) is 18.6. The van der Waals surface area contributed by atoms with E-state index in [1.807, 2.05) is 6.92 Å². The van der Waals surface area contributed by atoms with Gasteiger partial charge in [0.2, 0.25) is 11.8 Å². The van der Waals surface area contributed by atoms with Crippen molar-refractivity contribution in [3.8, 4) is 0 Å². The fourth-order valence-corrected chi connectivity index (χ4v) is 2.50. The number of unbranched alkanes of at least 4 members (excludes halogenated alkanes) is 1. The van der Waals surface area contributed by atoms with Gasteiger partial charge in [-0.05, 0) is 30.5 Å². The molecule has 1 heterocycles. The normalized spacial score (nSPS) is 16.4. The summed E-state index contributed by atoms with van der Waals surface area (Å²) in [7, 11) is 0. The molecule has 0 bridgehead atoms. The number of hydrogen-bond donors (Lipinski definition) is 2. The monoisotopic (exact) mass is 346 g/mol. The van der Waals surface area contributed by atoms with E-state index in [0.29, 0.717) is 18.5 Å². The van der Waals surface area contributed by atoms with Gasteiger partial charge in [0.05, 0.1) is 11.5 Å². The molecule has 0 saturated carbocycles. The molecule has 3 amide bonds. The first-order valence-electron chi connectivity index (χ1n) is 8.36. The van der Waals surface area contributed by atoms with Crippen LogP contribution in [-0.2, 0) is 25.5 Å². The highest BCUT2D eigenvalue weighted by atomic mass is 16.5. The molecule has 1 aromatic carbocycles. The van der Waals surface area contributed by atoms with Gasteiger partial charge in [-0.3, -0.25) is 19.7 Å². The van der Waals surface area contributed by atoms with Crippen LogP contribution < -0.4 is 10.6 Å². The van der Waals surface area contributed by atoms with Crippen molar-refractivity contribution < 1.29 is 23.9 Å². The van der Waals surface area contributed by atoms with Crippen LogP contribution in [0, 0.1) is 5.92 Å². The van der Waals surface area contributed by atoms with Crippen LogP contribution in [-0.4, -0.2) is 36.8 Å². The van der Waals surface area contributed by atoms with Gasteiger partial charge in [0.1, 0.15) is 0 Å². The molecule has 1 fully saturated rings. The highest BCUT2D eigenvalue weighted by molar-refractivity contribution is 6.03. The van der Waals surface area contributed by atoms with E-state index in [0.717, 1.165) is 18.4 Å². The average molecular weight is 346 g/mol. The summed E-state index contributed by atoms with van der Waals surface area (Å²) in [5, 5.41) is 4.94. The fourth-order valence-electron chi connectivity index (χ4n) is 2.50. The molecule has 7 heteroatoms. The number of imide groups is 1. The molecule has 1 aliphatic rings. The largest absolute Gasteiger partial charge is 0.452 e. The summed E-state index contributed by atoms with van der Waals surface area (Å²) < 4.78 is 4.97. The lowest BCUT2D eigenvalue weighted by Crippen LogP contribution is -2.29. The second kappa shape index (κ2) is 8.96. The lowest BCUT2D eigenvalue weighted by Gasteiger charge is -2.08. The van der Waals surface area contributed by atoms with Crippen LogP contribution in [0.2, 0.25) is 0 Å². The average Bonchev–Trinajstić information content (AvgIpc) is 2.91. The smallest absolute Gasteiger partial charge is 0.338 e. The number of amides is 3. The number of esters is 1. The topological polar surface area (TPSA) is 102 Å². The second-order valence-electron chi connectivity index (χ2n) is 5.99. The zero-order valence-electron chi connectivity index (χ0n) is 14.2. The van der Waals surface area contributed by atoms with Crippen molar-refractivity contribution in [2.24, 2.45) is 5.92 Å². The highest BCUT2D eigenvalue weighted by Crippen LogP contribution is 2.17. The Morgan fingerprint density at radius 1 is 1.24 bits per heavy atom. The summed E-state index contributed by atoms with van der Waals surface area (Å²) in [6, 6.07) is 6.60. The van der Waals surface area contributed by atoms with Crippen LogP contribution in [0.15, 0.2) is 24.3 Å². The van der Waals surface area contributed by atoms with Crippen molar-refractivity contribution in [3.05, 3.63) is 35.4 Å². The summed E-state index contributed by atoms with van der Waals surface area (Å²) in [6.07, 6.45) is 2.48. The van der Waals surface area contributed by atoms with E-state index >= 15 is 0 Å². The van der Waals surface area contributed by atoms with Crippen LogP contribution in [0.4, 0.5) is 0 Å². The number of hydrogen-bond acceptors (Lipinski definition) is 5. The van der Waals surface area contributed by atoms with Crippen molar-refractivity contribution >= 4 is 23.7 Å². The number of ether oxygens (including phenoxy) is 1. The van der Waals surface area contributed by atoms with Gasteiger partial charge in [-0.2, -0.15) is 0 Å². The summed E-state index contributed by atoms with van der Waals surface area (Å²) in [5.41, 5.74) is 1.18. The van der Waals surface area contributed by atoms with Gasteiger partial charge in [-0.15, -0.1) is 0 Å². The maximum absolute atomic E-state index is 11.9. The van der Waals surface area contributed by atoms with E-state index in [1.165, 1.54) is 0 Å². The van der Waals surface area contributed by atoms with Gasteiger partial charge in [-0.25, -0.2) is 4.79 Å². The molecular weight excluding hydrogens is 324 g/mol. The first-order chi connectivity index (χ1) is 12.0. The quantitative estimate of drug-likeness (QED) is 0.415. The van der Waals surface area contributed by atoms with Gasteiger partial charge >= 0.3 is 5.97 Å². The van der Waals surface area contributed by atoms with Crippen LogP contribution in [0.1, 0.15) is 42.1 Å². The molecule has 1 unspecified atom stereocenters. The molecule has 0 spiro atoms. The Balaban J connectivity index is 1.80. The number of carbonyl (C=O) groups is 4. The standard InChI is InChI=1S/C18H22N2O5/c1-2-3-8-19-16(22)11-25-18(24)13-6-4-12(5-7-13)9-14-10-15(21)20-17(14)23/h4-7,14H,2-3,8-11H2,1H3,(H,19,22)(H,20,21,23). The molecule has 1 saturated heterocycles. The summed E-state index contributed by atoms with van der Waals surface area (Å²) in [6.45, 7) is 2.28. The summed E-state index contributed by atoms with van der Waals surface area (Å²) >= 11 is 0. The molecule has 0 aromatic heterocycles. The lowest BCUT2D eigenvalue weighted by atomic mass is 9.97. The predicted octanol–water partition coefficient (Wildman–Crippen LogP) is 0.965. The number of carbonyl (C=O) groups excluding carboxylic acids is 4. The maximum Gasteiger partial charge on any atom is 0.338 e. The Labute approximate surface area is 146 Å². The van der Waals surface area contributed by atoms with E-state index < -0.39 is 5.97 Å². The van der Waals surface area contributed by atoms with E-state index in [2.05, 4.69) is 10.6 Å². The van der Waals surface area contributed by atoms with Crippen LogP contribution in [0.3, 0.4) is 0 Å². The Bertz CT molecular complexity index is 654. The van der Waals surface area contributed by atoms with E-state index in [1.54, 1.807) is 24.3 Å². The number of benzene rings is 1. The minimum atomic E-state index is -0.578. The maximum atomic E-state index is 11.9. The Morgan fingerprint density at radius 2 is 1.96 bits per heavy atom. The molecule has 2 rings (SSSR count). The van der Waals surface area contributed by atoms with Crippen molar-refractivity contribution in [1.82, 2.24) is 10.6 Å². The summed E-state index contributed by atoms with van der Waals surface area (Å²) in [5.74, 6) is -1.78. The zero-order chi connectivity index (χ0) is 18.2. The Hall–Kier alpha value is -2.70. The molecule has 0 radical (unpaired) electrons. The van der Waals surface area contributed by atoms with Crippen molar-refractivity contribution in [3.63, 3.8) is 0 Å². The Kier molecular flexibility index (Phi) is 6.68. The third-order valence-corrected chi connectivity index (χ3v) is 3.92. The minimum absolute atomic E-state index is 0.190. The molecule has 1 aliphatic heterocycles. The number of rotatable bonds is 8. The molecule has 134 valence electrons. The highest BCUT2D eigenvalue weighted by Gasteiger charge is 2.30. The number of nitrogens with one attached hydrogen (secondary N) is 2. The molecule has 2 N–H and O–H groups in total. The molecule has 0 aliphatic carbocycles. The van der Waals surface area contributed by atoms with E-state index in [4.69, 9.17) is 4.74 Å². The van der Waals surface area contributed by atoms with Gasteiger partial charge in [-0.1, -0.05) is 25.5 Å². The molecule has 1 aromatic rings. The van der Waals surface area contributed by atoms with E-state index in [-0.39, 0.29) is 36.7 Å². The van der Waals surface area contributed by atoms with Crippen LogP contribution in [0.5, 0.6) is 0 Å². The Morgan fingerprint density at radius 3 is 2.56 bits per heavy atom. The fraction of sp³-hybridized carbons (Fsp3) is 0.444. The first-order valence-corrected chi connectivity index (χ1v) is 8.36. The van der Waals surface area contributed by atoms with Gasteiger partial charge < -0.3 is 10.1 Å². The van der Waals surface area contributed by atoms with E-state index in [9.17, 15) is 19.2 Å². The second-order valence-corrected chi connectivity index (χ2v) is 5.99. The van der Waals surface area contributed by atoms with Crippen LogP contribution >= 0.6 is 0 Å². The molecule has 25 heavy (non-hydrogen) atoms. The predicted molar refractivity (Wildman–Crippen MR) is 89.6 cm³/mol. The van der Waals surface area contributed by atoms with Crippen molar-refractivity contribution in [2.45, 2.75) is 32.6 Å². The minimum Gasteiger partial charge on any atom is -0.452 e. The summed E-state index contributed by atoms with van der Waals surface area (Å²) in [4.78, 5) is 46.2.